The zero-order valence-electron chi connectivity index (χ0n) is 13.3. The summed E-state index contributed by atoms with van der Waals surface area (Å²) < 4.78 is 0. The molecule has 1 aromatic rings. The smallest absolute Gasteiger partial charge is 0.232 e. The number of thioether (sulfide) groups is 1. The number of hydrogen-bond acceptors (Lipinski definition) is 3. The van der Waals surface area contributed by atoms with Crippen LogP contribution < -0.4 is 5.73 Å². The van der Waals surface area contributed by atoms with Crippen molar-refractivity contribution in [1.82, 2.24) is 4.90 Å². The minimum absolute atomic E-state index is 0. The van der Waals surface area contributed by atoms with E-state index in [1.165, 1.54) is 10.5 Å². The Balaban J connectivity index is 0.00000400. The van der Waals surface area contributed by atoms with Crippen molar-refractivity contribution in [2.75, 3.05) is 19.3 Å². The van der Waals surface area contributed by atoms with E-state index in [0.29, 0.717) is 11.7 Å². The zero-order valence-corrected chi connectivity index (χ0v) is 15.0. The molecule has 1 rings (SSSR count). The van der Waals surface area contributed by atoms with Crippen molar-refractivity contribution in [3.63, 3.8) is 0 Å². The number of benzene rings is 1. The highest BCUT2D eigenvalue weighted by Crippen LogP contribution is 2.21. The van der Waals surface area contributed by atoms with Crippen LogP contribution in [0.4, 0.5) is 0 Å². The second-order valence-corrected chi connectivity index (χ2v) is 6.58. The highest BCUT2D eigenvalue weighted by Gasteiger charge is 2.13. The first-order chi connectivity index (χ1) is 9.41. The molecular formula is C16H27ClN2OS. The molecule has 1 atom stereocenters. The Morgan fingerprint density at radius 1 is 1.33 bits per heavy atom. The van der Waals surface area contributed by atoms with E-state index < -0.39 is 0 Å². The Kier molecular flexibility index (Phi) is 9.75. The van der Waals surface area contributed by atoms with Crippen molar-refractivity contribution in [2.24, 2.45) is 11.7 Å². The maximum absolute atomic E-state index is 12.1. The van der Waals surface area contributed by atoms with Crippen LogP contribution in [0.15, 0.2) is 29.2 Å². The minimum Gasteiger partial charge on any atom is -0.345 e. The van der Waals surface area contributed by atoms with Crippen molar-refractivity contribution in [2.45, 2.75) is 38.1 Å². The molecule has 0 radical (unpaired) electrons. The molecule has 1 amide bonds. The molecule has 5 heteroatoms. The fraction of sp³-hybridized carbons (Fsp3) is 0.562. The molecule has 0 saturated carbocycles. The molecule has 0 spiro atoms. The van der Waals surface area contributed by atoms with Crippen LogP contribution in [-0.4, -0.2) is 36.2 Å². The molecule has 0 bridgehead atoms. The number of hydrogen-bond donors (Lipinski definition) is 1. The fourth-order valence-electron chi connectivity index (χ4n) is 1.77. The lowest BCUT2D eigenvalue weighted by atomic mass is 10.0. The molecule has 120 valence electrons. The van der Waals surface area contributed by atoms with Crippen LogP contribution in [0.25, 0.3) is 0 Å². The van der Waals surface area contributed by atoms with Gasteiger partial charge in [-0.3, -0.25) is 4.79 Å². The van der Waals surface area contributed by atoms with Gasteiger partial charge in [0.15, 0.2) is 0 Å². The largest absolute Gasteiger partial charge is 0.345 e. The lowest BCUT2D eigenvalue weighted by Crippen LogP contribution is -2.35. The van der Waals surface area contributed by atoms with E-state index in [4.69, 9.17) is 5.73 Å². The summed E-state index contributed by atoms with van der Waals surface area (Å²) in [5.74, 6) is 1.10. The number of carbonyl (C=O) groups is 1. The van der Waals surface area contributed by atoms with Crippen LogP contribution in [0.5, 0.6) is 0 Å². The van der Waals surface area contributed by atoms with E-state index in [9.17, 15) is 4.79 Å². The predicted molar refractivity (Wildman–Crippen MR) is 94.2 cm³/mol. The molecule has 0 aliphatic rings. The Morgan fingerprint density at radius 3 is 2.52 bits per heavy atom. The van der Waals surface area contributed by atoms with Crippen LogP contribution in [0.3, 0.4) is 0 Å². The number of carbonyl (C=O) groups excluding carboxylic acids is 1. The van der Waals surface area contributed by atoms with E-state index in [0.717, 1.165) is 13.0 Å². The molecule has 2 N–H and O–H groups in total. The minimum atomic E-state index is 0. The third kappa shape index (κ3) is 7.21. The molecular weight excluding hydrogens is 304 g/mol. The van der Waals surface area contributed by atoms with Gasteiger partial charge in [0.05, 0.1) is 5.75 Å². The van der Waals surface area contributed by atoms with Crippen LogP contribution in [0.1, 0.15) is 25.8 Å². The van der Waals surface area contributed by atoms with Gasteiger partial charge in [0, 0.05) is 24.5 Å². The highest BCUT2D eigenvalue weighted by atomic mass is 35.5. The van der Waals surface area contributed by atoms with Crippen molar-refractivity contribution in [3.8, 4) is 0 Å². The second kappa shape index (κ2) is 10.1. The van der Waals surface area contributed by atoms with Gasteiger partial charge in [-0.05, 0) is 30.9 Å². The number of nitrogens with two attached hydrogens (primary N) is 1. The first kappa shape index (κ1) is 20.3. The van der Waals surface area contributed by atoms with Gasteiger partial charge in [-0.2, -0.15) is 0 Å². The van der Waals surface area contributed by atoms with Crippen molar-refractivity contribution < 1.29 is 4.79 Å². The molecule has 1 aromatic carbocycles. The molecule has 3 nitrogen and oxygen atoms in total. The van der Waals surface area contributed by atoms with Gasteiger partial charge in [-0.25, -0.2) is 0 Å². The Hall–Kier alpha value is -0.710. The first-order valence-corrected chi connectivity index (χ1v) is 8.08. The van der Waals surface area contributed by atoms with Crippen LogP contribution >= 0.6 is 24.2 Å². The van der Waals surface area contributed by atoms with Gasteiger partial charge in [0.25, 0.3) is 0 Å². The van der Waals surface area contributed by atoms with Crippen LogP contribution in [0, 0.1) is 12.8 Å². The van der Waals surface area contributed by atoms with E-state index in [2.05, 4.69) is 32.9 Å². The number of aryl methyl sites for hydroxylation is 1. The average Bonchev–Trinajstić information content (AvgIpc) is 2.42. The first-order valence-electron chi connectivity index (χ1n) is 7.09. The molecule has 1 unspecified atom stereocenters. The van der Waals surface area contributed by atoms with Gasteiger partial charge in [-0.15, -0.1) is 24.2 Å². The number of rotatable bonds is 7. The molecule has 0 saturated heterocycles. The second-order valence-electron chi connectivity index (χ2n) is 5.57. The standard InChI is InChI=1S/C16H26N2OS.ClH/c1-12(2)14(17)9-10-18(4)16(19)11-20-15-8-6-5-7-13(15)3;/h5-8,12,14H,9-11,17H2,1-4H3;1H. The highest BCUT2D eigenvalue weighted by molar-refractivity contribution is 8.00. The third-order valence-electron chi connectivity index (χ3n) is 3.52. The maximum Gasteiger partial charge on any atom is 0.232 e. The van der Waals surface area contributed by atoms with Gasteiger partial charge in [0.1, 0.15) is 0 Å². The lowest BCUT2D eigenvalue weighted by molar-refractivity contribution is -0.127. The van der Waals surface area contributed by atoms with E-state index in [-0.39, 0.29) is 24.4 Å². The normalized spacial score (nSPS) is 11.9. The summed E-state index contributed by atoms with van der Waals surface area (Å²) in [4.78, 5) is 15.0. The summed E-state index contributed by atoms with van der Waals surface area (Å²) in [6.07, 6.45) is 0.856. The van der Waals surface area contributed by atoms with Crippen LogP contribution in [0.2, 0.25) is 0 Å². The van der Waals surface area contributed by atoms with Gasteiger partial charge >= 0.3 is 0 Å². The summed E-state index contributed by atoms with van der Waals surface area (Å²) in [6.45, 7) is 7.02. The molecule has 21 heavy (non-hydrogen) atoms. The Bertz CT molecular complexity index is 440. The Labute approximate surface area is 139 Å². The maximum atomic E-state index is 12.1. The van der Waals surface area contributed by atoms with E-state index in [1.807, 2.05) is 19.2 Å². The monoisotopic (exact) mass is 330 g/mol. The van der Waals surface area contributed by atoms with Gasteiger partial charge in [-0.1, -0.05) is 32.0 Å². The Morgan fingerprint density at radius 2 is 1.95 bits per heavy atom. The topological polar surface area (TPSA) is 46.3 Å². The van der Waals surface area contributed by atoms with Gasteiger partial charge in [0.2, 0.25) is 5.91 Å². The fourth-order valence-corrected chi connectivity index (χ4v) is 2.74. The van der Waals surface area contributed by atoms with Crippen molar-refractivity contribution >= 4 is 30.1 Å². The number of amides is 1. The van der Waals surface area contributed by atoms with Crippen molar-refractivity contribution in [3.05, 3.63) is 29.8 Å². The summed E-state index contributed by atoms with van der Waals surface area (Å²) >= 11 is 1.60. The number of nitrogens with zero attached hydrogens (tertiary/aromatic N) is 1. The SMILES string of the molecule is Cc1ccccc1SCC(=O)N(C)CCC(N)C(C)C.Cl. The zero-order chi connectivity index (χ0) is 15.1. The predicted octanol–water partition coefficient (Wildman–Crippen LogP) is 3.34. The molecule has 0 aliphatic carbocycles. The van der Waals surface area contributed by atoms with Crippen molar-refractivity contribution in [1.29, 1.82) is 0 Å². The van der Waals surface area contributed by atoms with Crippen LogP contribution in [-0.2, 0) is 4.79 Å². The number of halogens is 1. The summed E-state index contributed by atoms with van der Waals surface area (Å²) in [7, 11) is 1.85. The molecule has 0 heterocycles. The van der Waals surface area contributed by atoms with Gasteiger partial charge < -0.3 is 10.6 Å². The van der Waals surface area contributed by atoms with E-state index in [1.54, 1.807) is 16.7 Å². The quantitative estimate of drug-likeness (QED) is 0.780. The molecule has 0 aromatic heterocycles. The summed E-state index contributed by atoms with van der Waals surface area (Å²) in [5.41, 5.74) is 7.22. The van der Waals surface area contributed by atoms with E-state index >= 15 is 0 Å². The molecule has 0 fully saturated rings. The lowest BCUT2D eigenvalue weighted by Gasteiger charge is -2.21. The average molecular weight is 331 g/mol. The molecule has 0 aliphatic heterocycles. The summed E-state index contributed by atoms with van der Waals surface area (Å²) in [5, 5.41) is 0. The summed E-state index contributed by atoms with van der Waals surface area (Å²) in [6, 6.07) is 8.31. The third-order valence-corrected chi connectivity index (χ3v) is 4.68.